The molecule has 1 amide bonds. The number of rotatable bonds is 9. The minimum absolute atomic E-state index is 0.132. The van der Waals surface area contributed by atoms with Crippen LogP contribution in [-0.2, 0) is 4.79 Å². The van der Waals surface area contributed by atoms with Crippen molar-refractivity contribution in [3.63, 3.8) is 0 Å². The molecule has 1 N–H and O–H groups in total. The predicted molar refractivity (Wildman–Crippen MR) is 96.3 cm³/mol. The zero-order valence-electron chi connectivity index (χ0n) is 14.9. The van der Waals surface area contributed by atoms with E-state index < -0.39 is 0 Å². The van der Waals surface area contributed by atoms with Crippen molar-refractivity contribution in [2.24, 2.45) is 0 Å². The molecular formula is C16H23N5O3S. The first kappa shape index (κ1) is 19.0. The van der Waals surface area contributed by atoms with Crippen molar-refractivity contribution < 1.29 is 14.3 Å². The maximum absolute atomic E-state index is 12.3. The molecule has 0 unspecified atom stereocenters. The number of benzene rings is 1. The quantitative estimate of drug-likeness (QED) is 0.683. The molecule has 1 heterocycles. The lowest BCUT2D eigenvalue weighted by molar-refractivity contribution is -0.113. The van der Waals surface area contributed by atoms with Gasteiger partial charge in [0, 0.05) is 6.07 Å². The van der Waals surface area contributed by atoms with Gasteiger partial charge in [0.15, 0.2) is 0 Å². The van der Waals surface area contributed by atoms with Gasteiger partial charge >= 0.3 is 0 Å². The van der Waals surface area contributed by atoms with Crippen LogP contribution in [0.1, 0.15) is 33.7 Å². The average Bonchev–Trinajstić information content (AvgIpc) is 3.04. The van der Waals surface area contributed by atoms with Crippen LogP contribution in [0.4, 0.5) is 5.69 Å². The van der Waals surface area contributed by atoms with Crippen molar-refractivity contribution >= 4 is 23.4 Å². The van der Waals surface area contributed by atoms with Crippen LogP contribution in [0.3, 0.4) is 0 Å². The Hall–Kier alpha value is -2.29. The first-order valence-electron chi connectivity index (χ1n) is 8.15. The monoisotopic (exact) mass is 365 g/mol. The summed E-state index contributed by atoms with van der Waals surface area (Å²) in [6.45, 7) is 8.82. The molecule has 0 fully saturated rings. The van der Waals surface area contributed by atoms with Crippen molar-refractivity contribution in [3.8, 4) is 11.5 Å². The Bertz CT molecular complexity index is 705. The van der Waals surface area contributed by atoms with Gasteiger partial charge in [-0.1, -0.05) is 11.8 Å². The summed E-state index contributed by atoms with van der Waals surface area (Å²) >= 11 is 1.29. The van der Waals surface area contributed by atoms with E-state index in [4.69, 9.17) is 9.47 Å². The standard InChI is InChI=1S/C16H23N5O3S/c1-5-23-12-7-8-14(24-6-2)13(9-12)17-15(22)10-25-16-18-19-20-21(16)11(3)4/h7-9,11H,5-6,10H2,1-4H3,(H,17,22). The number of carbonyl (C=O) groups excluding carboxylic acids is 1. The number of hydrogen-bond donors (Lipinski definition) is 1. The van der Waals surface area contributed by atoms with E-state index in [0.29, 0.717) is 35.6 Å². The number of nitrogens with zero attached hydrogens (tertiary/aromatic N) is 4. The summed E-state index contributed by atoms with van der Waals surface area (Å²) in [6, 6.07) is 5.49. The number of carbonyl (C=O) groups is 1. The molecule has 0 aliphatic carbocycles. The summed E-state index contributed by atoms with van der Waals surface area (Å²) in [7, 11) is 0. The Morgan fingerprint density at radius 1 is 1.28 bits per heavy atom. The van der Waals surface area contributed by atoms with Crippen LogP contribution >= 0.6 is 11.8 Å². The van der Waals surface area contributed by atoms with Crippen molar-refractivity contribution in [1.29, 1.82) is 0 Å². The number of nitrogens with one attached hydrogen (secondary N) is 1. The fourth-order valence-corrected chi connectivity index (χ4v) is 2.87. The minimum Gasteiger partial charge on any atom is -0.494 e. The maximum atomic E-state index is 12.3. The molecule has 0 radical (unpaired) electrons. The van der Waals surface area contributed by atoms with E-state index in [1.807, 2.05) is 33.8 Å². The molecule has 0 aliphatic rings. The number of hydrogen-bond acceptors (Lipinski definition) is 7. The molecule has 2 aromatic rings. The van der Waals surface area contributed by atoms with Crippen LogP contribution in [-0.4, -0.2) is 45.1 Å². The molecule has 0 atom stereocenters. The van der Waals surface area contributed by atoms with Crippen molar-refractivity contribution in [2.45, 2.75) is 38.9 Å². The van der Waals surface area contributed by atoms with Crippen molar-refractivity contribution in [1.82, 2.24) is 20.2 Å². The average molecular weight is 365 g/mol. The Kier molecular flexibility index (Phi) is 7.05. The molecule has 0 spiro atoms. The third-order valence-corrected chi connectivity index (χ3v) is 4.05. The predicted octanol–water partition coefficient (Wildman–Crippen LogP) is 2.78. The number of tetrazole rings is 1. The normalized spacial score (nSPS) is 10.8. The molecule has 25 heavy (non-hydrogen) atoms. The van der Waals surface area contributed by atoms with E-state index in [2.05, 4.69) is 20.8 Å². The SMILES string of the molecule is CCOc1ccc(OCC)c(NC(=O)CSc2nnnn2C(C)C)c1. The maximum Gasteiger partial charge on any atom is 0.234 e. The highest BCUT2D eigenvalue weighted by atomic mass is 32.2. The van der Waals surface area contributed by atoms with E-state index in [9.17, 15) is 4.79 Å². The fourth-order valence-electron chi connectivity index (χ4n) is 2.07. The summed E-state index contributed by atoms with van der Waals surface area (Å²) in [4.78, 5) is 12.3. The minimum atomic E-state index is -0.169. The zero-order chi connectivity index (χ0) is 18.2. The second-order valence-electron chi connectivity index (χ2n) is 5.36. The van der Waals surface area contributed by atoms with E-state index in [1.54, 1.807) is 16.8 Å². The van der Waals surface area contributed by atoms with Gasteiger partial charge in [-0.15, -0.1) is 5.10 Å². The molecule has 0 bridgehead atoms. The Morgan fingerprint density at radius 3 is 2.72 bits per heavy atom. The van der Waals surface area contributed by atoms with E-state index in [-0.39, 0.29) is 17.7 Å². The van der Waals surface area contributed by atoms with Gasteiger partial charge in [-0.25, -0.2) is 4.68 Å². The van der Waals surface area contributed by atoms with Crippen LogP contribution < -0.4 is 14.8 Å². The summed E-state index contributed by atoms with van der Waals surface area (Å²) in [5, 5.41) is 15.0. The summed E-state index contributed by atoms with van der Waals surface area (Å²) in [6.07, 6.45) is 0. The van der Waals surface area contributed by atoms with Crippen LogP contribution in [0.15, 0.2) is 23.4 Å². The summed E-state index contributed by atoms with van der Waals surface area (Å²) < 4.78 is 12.7. The molecule has 1 aromatic carbocycles. The van der Waals surface area contributed by atoms with Gasteiger partial charge in [-0.2, -0.15) is 0 Å². The summed E-state index contributed by atoms with van der Waals surface area (Å²) in [5.41, 5.74) is 0.585. The number of anilines is 1. The molecule has 2 rings (SSSR count). The fraction of sp³-hybridized carbons (Fsp3) is 0.500. The molecular weight excluding hydrogens is 342 g/mol. The summed E-state index contributed by atoms with van der Waals surface area (Å²) in [5.74, 6) is 1.31. The number of ether oxygens (including phenoxy) is 2. The van der Waals surface area contributed by atoms with E-state index in [1.165, 1.54) is 11.8 Å². The smallest absolute Gasteiger partial charge is 0.234 e. The van der Waals surface area contributed by atoms with Gasteiger partial charge in [0.1, 0.15) is 11.5 Å². The molecule has 1 aromatic heterocycles. The van der Waals surface area contributed by atoms with Gasteiger partial charge < -0.3 is 14.8 Å². The third kappa shape index (κ3) is 5.35. The van der Waals surface area contributed by atoms with Gasteiger partial charge in [0.25, 0.3) is 0 Å². The Labute approximate surface area is 151 Å². The lowest BCUT2D eigenvalue weighted by atomic mass is 10.2. The second-order valence-corrected chi connectivity index (χ2v) is 6.30. The largest absolute Gasteiger partial charge is 0.494 e. The van der Waals surface area contributed by atoms with Crippen LogP contribution in [0.2, 0.25) is 0 Å². The van der Waals surface area contributed by atoms with Crippen molar-refractivity contribution in [2.75, 3.05) is 24.3 Å². The highest BCUT2D eigenvalue weighted by molar-refractivity contribution is 7.99. The van der Waals surface area contributed by atoms with Crippen LogP contribution in [0.25, 0.3) is 0 Å². The van der Waals surface area contributed by atoms with Crippen LogP contribution in [0.5, 0.6) is 11.5 Å². The van der Waals surface area contributed by atoms with E-state index in [0.717, 1.165) is 0 Å². The zero-order valence-corrected chi connectivity index (χ0v) is 15.7. The molecule has 9 heteroatoms. The molecule has 136 valence electrons. The molecule has 0 saturated heterocycles. The van der Waals surface area contributed by atoms with Crippen molar-refractivity contribution in [3.05, 3.63) is 18.2 Å². The Balaban J connectivity index is 2.03. The van der Waals surface area contributed by atoms with Gasteiger partial charge in [0.05, 0.1) is 30.7 Å². The van der Waals surface area contributed by atoms with Gasteiger partial charge in [-0.05, 0) is 50.3 Å². The van der Waals surface area contributed by atoms with Gasteiger partial charge in [0.2, 0.25) is 11.1 Å². The second kappa shape index (κ2) is 9.26. The Morgan fingerprint density at radius 2 is 2.04 bits per heavy atom. The number of aromatic nitrogens is 4. The van der Waals surface area contributed by atoms with Gasteiger partial charge in [-0.3, -0.25) is 4.79 Å². The third-order valence-electron chi connectivity index (χ3n) is 3.12. The molecule has 0 aliphatic heterocycles. The van der Waals surface area contributed by atoms with E-state index >= 15 is 0 Å². The first-order valence-corrected chi connectivity index (χ1v) is 9.13. The number of thioether (sulfide) groups is 1. The number of amides is 1. The lowest BCUT2D eigenvalue weighted by Gasteiger charge is -2.13. The van der Waals surface area contributed by atoms with Crippen LogP contribution in [0, 0.1) is 0 Å². The molecule has 8 nitrogen and oxygen atoms in total. The first-order chi connectivity index (χ1) is 12.0. The highest BCUT2D eigenvalue weighted by Crippen LogP contribution is 2.30. The lowest BCUT2D eigenvalue weighted by Crippen LogP contribution is -2.16. The molecule has 0 saturated carbocycles. The highest BCUT2D eigenvalue weighted by Gasteiger charge is 2.14. The topological polar surface area (TPSA) is 91.2 Å².